The van der Waals surface area contributed by atoms with Crippen LogP contribution in [-0.4, -0.2) is 47.4 Å². The van der Waals surface area contributed by atoms with E-state index in [0.717, 1.165) is 57.8 Å². The van der Waals surface area contributed by atoms with Gasteiger partial charge in [0.1, 0.15) is 0 Å². The molecule has 0 aromatic heterocycles. The van der Waals surface area contributed by atoms with Gasteiger partial charge in [-0.25, -0.2) is 0 Å². The fourth-order valence-electron chi connectivity index (χ4n) is 11.3. The van der Waals surface area contributed by atoms with Crippen LogP contribution in [0.3, 0.4) is 0 Å². The van der Waals surface area contributed by atoms with Crippen molar-refractivity contribution >= 4 is 11.9 Å². The molecular formula is C75H141NO5. The molecule has 3 N–H and O–H groups in total. The van der Waals surface area contributed by atoms with Gasteiger partial charge in [-0.1, -0.05) is 339 Å². The fourth-order valence-corrected chi connectivity index (χ4v) is 11.3. The first kappa shape index (κ1) is 78.8. The van der Waals surface area contributed by atoms with Crippen LogP contribution in [-0.2, 0) is 14.3 Å². The molecule has 6 nitrogen and oxygen atoms in total. The lowest BCUT2D eigenvalue weighted by molar-refractivity contribution is -0.143. The number of unbranched alkanes of at least 4 members (excludes halogenated alkanes) is 49. The lowest BCUT2D eigenvalue weighted by Gasteiger charge is -2.22. The zero-order valence-corrected chi connectivity index (χ0v) is 54.5. The summed E-state index contributed by atoms with van der Waals surface area (Å²) in [5.41, 5.74) is 0. The van der Waals surface area contributed by atoms with E-state index < -0.39 is 12.1 Å². The summed E-state index contributed by atoms with van der Waals surface area (Å²) in [5, 5.41) is 23.4. The Morgan fingerprint density at radius 3 is 0.963 bits per heavy atom. The van der Waals surface area contributed by atoms with Crippen LogP contribution in [0, 0.1) is 0 Å². The van der Waals surface area contributed by atoms with Crippen LogP contribution in [0.2, 0.25) is 0 Å². The summed E-state index contributed by atoms with van der Waals surface area (Å²) in [7, 11) is 0. The third-order valence-electron chi connectivity index (χ3n) is 16.9. The van der Waals surface area contributed by atoms with Gasteiger partial charge in [-0.15, -0.1) is 0 Å². The molecule has 476 valence electrons. The number of hydrogen-bond acceptors (Lipinski definition) is 5. The van der Waals surface area contributed by atoms with Gasteiger partial charge in [-0.3, -0.25) is 9.59 Å². The summed E-state index contributed by atoms with van der Waals surface area (Å²) >= 11 is 0. The largest absolute Gasteiger partial charge is 0.466 e. The molecular weight excluding hydrogens is 995 g/mol. The highest BCUT2D eigenvalue weighted by Gasteiger charge is 2.20. The number of rotatable bonds is 68. The van der Waals surface area contributed by atoms with Gasteiger partial charge in [0.15, 0.2) is 0 Å². The predicted molar refractivity (Wildman–Crippen MR) is 356 cm³/mol. The first-order chi connectivity index (χ1) is 40.0. The Morgan fingerprint density at radius 1 is 0.346 bits per heavy atom. The first-order valence-electron chi connectivity index (χ1n) is 36.4. The average Bonchev–Trinajstić information content (AvgIpc) is 3.47. The van der Waals surface area contributed by atoms with Gasteiger partial charge in [-0.2, -0.15) is 0 Å². The standard InChI is InChI=1S/C75H141NO5/c1-3-5-7-9-11-13-15-17-19-20-21-22-23-27-30-33-36-40-43-47-51-55-59-63-67-73(78)72(71-77)76-74(79)68-64-60-56-52-48-44-41-37-34-31-28-25-24-26-29-32-35-38-42-46-50-54-58-62-66-70-81-75(80)69-65-61-57-53-49-45-39-18-16-14-12-10-8-6-4-2/h12,14,18,25-26,28-29,39,72-73,77-78H,3-11,13,15-17,19-24,27,30-38,40-71H2,1-2H3,(H,76,79)/b14-12-,28-25-,29-26-,39-18-. The number of nitrogens with one attached hydrogen (secondary N) is 1. The van der Waals surface area contributed by atoms with Crippen LogP contribution in [0.25, 0.3) is 0 Å². The van der Waals surface area contributed by atoms with E-state index in [0.29, 0.717) is 25.9 Å². The number of amides is 1. The molecule has 0 aliphatic heterocycles. The Hall–Kier alpha value is -2.18. The van der Waals surface area contributed by atoms with E-state index in [1.165, 1.54) is 302 Å². The maximum atomic E-state index is 12.6. The number of carbonyl (C=O) groups excluding carboxylic acids is 2. The lowest BCUT2D eigenvalue weighted by Crippen LogP contribution is -2.45. The van der Waals surface area contributed by atoms with Gasteiger partial charge in [0.2, 0.25) is 5.91 Å². The molecule has 0 aliphatic carbocycles. The molecule has 0 rings (SSSR count). The van der Waals surface area contributed by atoms with Crippen molar-refractivity contribution < 1.29 is 24.5 Å². The molecule has 0 aromatic carbocycles. The van der Waals surface area contributed by atoms with E-state index in [9.17, 15) is 19.8 Å². The molecule has 0 spiro atoms. The second kappa shape index (κ2) is 70.3. The molecule has 0 bridgehead atoms. The highest BCUT2D eigenvalue weighted by Crippen LogP contribution is 2.19. The third-order valence-corrected chi connectivity index (χ3v) is 16.9. The second-order valence-corrected chi connectivity index (χ2v) is 24.9. The van der Waals surface area contributed by atoms with E-state index in [1.807, 2.05) is 0 Å². The Bertz CT molecular complexity index is 1360. The maximum Gasteiger partial charge on any atom is 0.305 e. The molecule has 0 aromatic rings. The van der Waals surface area contributed by atoms with Crippen molar-refractivity contribution in [2.24, 2.45) is 0 Å². The normalized spacial score (nSPS) is 12.8. The van der Waals surface area contributed by atoms with Crippen molar-refractivity contribution in [2.75, 3.05) is 13.2 Å². The van der Waals surface area contributed by atoms with E-state index in [-0.39, 0.29) is 18.5 Å². The minimum Gasteiger partial charge on any atom is -0.466 e. The van der Waals surface area contributed by atoms with Crippen molar-refractivity contribution in [3.05, 3.63) is 48.6 Å². The van der Waals surface area contributed by atoms with Crippen molar-refractivity contribution in [3.63, 3.8) is 0 Å². The Morgan fingerprint density at radius 2 is 0.617 bits per heavy atom. The molecule has 0 radical (unpaired) electrons. The molecule has 0 aliphatic rings. The highest BCUT2D eigenvalue weighted by molar-refractivity contribution is 5.76. The summed E-state index contributed by atoms with van der Waals surface area (Å²) in [6, 6.07) is -0.549. The van der Waals surface area contributed by atoms with Crippen LogP contribution in [0.4, 0.5) is 0 Å². The fraction of sp³-hybridized carbons (Fsp3) is 0.867. The zero-order valence-electron chi connectivity index (χ0n) is 54.5. The average molecular weight is 1140 g/mol. The molecule has 81 heavy (non-hydrogen) atoms. The van der Waals surface area contributed by atoms with E-state index in [4.69, 9.17) is 4.74 Å². The SMILES string of the molecule is CCCCC/C=C\C/C=C\CCCCCCCC(=O)OCCCCCCCCCCC/C=C\C/C=C\CCCCCCCCCCCC(=O)NC(CO)C(O)CCCCCCCCCCCCCCCCCCCCCCCCCC. The zero-order chi connectivity index (χ0) is 58.5. The number of aliphatic hydroxyl groups is 2. The van der Waals surface area contributed by atoms with Gasteiger partial charge in [0.05, 0.1) is 25.4 Å². The maximum absolute atomic E-state index is 12.6. The summed E-state index contributed by atoms with van der Waals surface area (Å²) in [5.74, 6) is -0.0420. The van der Waals surface area contributed by atoms with E-state index in [1.54, 1.807) is 0 Å². The van der Waals surface area contributed by atoms with E-state index >= 15 is 0 Å². The second-order valence-electron chi connectivity index (χ2n) is 24.9. The number of allylic oxidation sites excluding steroid dienone is 8. The number of ether oxygens (including phenoxy) is 1. The van der Waals surface area contributed by atoms with Crippen molar-refractivity contribution in [1.29, 1.82) is 0 Å². The van der Waals surface area contributed by atoms with Crippen LogP contribution in [0.15, 0.2) is 48.6 Å². The molecule has 0 fully saturated rings. The Labute approximate surface area is 506 Å². The topological polar surface area (TPSA) is 95.9 Å². The molecule has 0 heterocycles. The molecule has 2 atom stereocenters. The number of aliphatic hydroxyl groups excluding tert-OH is 2. The Balaban J connectivity index is 3.44. The summed E-state index contributed by atoms with van der Waals surface area (Å²) < 4.78 is 5.48. The van der Waals surface area contributed by atoms with Crippen molar-refractivity contribution in [3.8, 4) is 0 Å². The van der Waals surface area contributed by atoms with Gasteiger partial charge in [-0.05, 0) is 89.9 Å². The molecule has 0 saturated heterocycles. The quantitative estimate of drug-likeness (QED) is 0.0320. The van der Waals surface area contributed by atoms with Gasteiger partial charge in [0.25, 0.3) is 0 Å². The van der Waals surface area contributed by atoms with E-state index in [2.05, 4.69) is 67.8 Å². The van der Waals surface area contributed by atoms with Gasteiger partial charge < -0.3 is 20.3 Å². The molecule has 0 saturated carbocycles. The number of esters is 1. The summed E-state index contributed by atoms with van der Waals surface area (Å²) in [4.78, 5) is 24.6. The van der Waals surface area contributed by atoms with Gasteiger partial charge in [0, 0.05) is 12.8 Å². The first-order valence-corrected chi connectivity index (χ1v) is 36.4. The lowest BCUT2D eigenvalue weighted by atomic mass is 10.0. The minimum absolute atomic E-state index is 0.00464. The van der Waals surface area contributed by atoms with Crippen LogP contribution >= 0.6 is 0 Å². The van der Waals surface area contributed by atoms with Crippen LogP contribution in [0.5, 0.6) is 0 Å². The van der Waals surface area contributed by atoms with Gasteiger partial charge >= 0.3 is 5.97 Å². The summed E-state index contributed by atoms with van der Waals surface area (Å²) in [6.07, 6.45) is 91.6. The predicted octanol–water partition coefficient (Wildman–Crippen LogP) is 23.6. The number of hydrogen-bond donors (Lipinski definition) is 3. The van der Waals surface area contributed by atoms with Crippen molar-refractivity contribution in [1.82, 2.24) is 5.32 Å². The summed E-state index contributed by atoms with van der Waals surface area (Å²) in [6.45, 7) is 4.94. The van der Waals surface area contributed by atoms with Crippen LogP contribution < -0.4 is 5.32 Å². The smallest absolute Gasteiger partial charge is 0.305 e. The monoisotopic (exact) mass is 1140 g/mol. The molecule has 1 amide bonds. The van der Waals surface area contributed by atoms with Crippen LogP contribution in [0.1, 0.15) is 393 Å². The molecule has 2 unspecified atom stereocenters. The molecule has 6 heteroatoms. The Kier molecular flexibility index (Phi) is 68.4. The highest BCUT2D eigenvalue weighted by atomic mass is 16.5. The third kappa shape index (κ3) is 66.8. The van der Waals surface area contributed by atoms with Crippen molar-refractivity contribution in [2.45, 2.75) is 405 Å². The minimum atomic E-state index is -0.671. The number of carbonyl (C=O) groups is 2.